The summed E-state index contributed by atoms with van der Waals surface area (Å²) in [6.45, 7) is 0. The zero-order chi connectivity index (χ0) is 12.3. The summed E-state index contributed by atoms with van der Waals surface area (Å²) in [4.78, 5) is 0. The second-order valence-electron chi connectivity index (χ2n) is 4.27. The van der Waals surface area contributed by atoms with Crippen LogP contribution in [0.1, 0.15) is 31.2 Å². The molecule has 4 heteroatoms. The van der Waals surface area contributed by atoms with Crippen molar-refractivity contribution in [2.24, 2.45) is 0 Å². The van der Waals surface area contributed by atoms with Gasteiger partial charge in [0, 0.05) is 5.88 Å². The zero-order valence-corrected chi connectivity index (χ0v) is 12.2. The Kier molecular flexibility index (Phi) is 4.57. The lowest BCUT2D eigenvalue weighted by Crippen LogP contribution is -2.12. The van der Waals surface area contributed by atoms with Gasteiger partial charge in [-0.15, -0.1) is 11.6 Å². The van der Waals surface area contributed by atoms with Gasteiger partial charge in [-0.1, -0.05) is 0 Å². The maximum absolute atomic E-state index is 6.01. The highest BCUT2D eigenvalue weighted by Crippen LogP contribution is 2.39. The Morgan fingerprint density at radius 2 is 2.06 bits per heavy atom. The first-order valence-corrected chi connectivity index (χ1v) is 7.16. The van der Waals surface area contributed by atoms with Gasteiger partial charge in [-0.2, -0.15) is 0 Å². The Hall–Kier alpha value is -0.410. The minimum absolute atomic E-state index is 0.321. The molecule has 0 aliphatic heterocycles. The van der Waals surface area contributed by atoms with Gasteiger partial charge in [0.1, 0.15) is 0 Å². The predicted octanol–water partition coefficient (Wildman–Crippen LogP) is 4.52. The van der Waals surface area contributed by atoms with E-state index in [4.69, 9.17) is 21.1 Å². The van der Waals surface area contributed by atoms with Crippen LogP contribution >= 0.6 is 27.5 Å². The van der Waals surface area contributed by atoms with Gasteiger partial charge < -0.3 is 9.47 Å². The smallest absolute Gasteiger partial charge is 0.175 e. The summed E-state index contributed by atoms with van der Waals surface area (Å²) in [5.74, 6) is 2.02. The van der Waals surface area contributed by atoms with E-state index in [0.29, 0.717) is 12.0 Å². The first-order chi connectivity index (χ1) is 8.24. The molecule has 2 nitrogen and oxygen atoms in total. The standard InChI is InChI=1S/C13H16BrClO2/c1-16-12-7-9(8-15)6-11(14)13(12)17-10-4-2-3-5-10/h6-7,10H,2-5,8H2,1H3. The average Bonchev–Trinajstić information content (AvgIpc) is 2.84. The first kappa shape index (κ1) is 13.0. The molecular formula is C13H16BrClO2. The molecule has 2 rings (SSSR count). The lowest BCUT2D eigenvalue weighted by molar-refractivity contribution is 0.199. The monoisotopic (exact) mass is 318 g/mol. The van der Waals surface area contributed by atoms with E-state index in [2.05, 4.69) is 15.9 Å². The summed E-state index contributed by atoms with van der Waals surface area (Å²) in [5.41, 5.74) is 1.02. The third-order valence-electron chi connectivity index (χ3n) is 3.03. The lowest BCUT2D eigenvalue weighted by Gasteiger charge is -2.18. The largest absolute Gasteiger partial charge is 0.493 e. The fraction of sp³-hybridized carbons (Fsp3) is 0.538. The van der Waals surface area contributed by atoms with E-state index in [1.165, 1.54) is 12.8 Å². The van der Waals surface area contributed by atoms with Crippen molar-refractivity contribution in [2.75, 3.05) is 7.11 Å². The maximum Gasteiger partial charge on any atom is 0.175 e. The van der Waals surface area contributed by atoms with Crippen molar-refractivity contribution in [2.45, 2.75) is 37.7 Å². The second-order valence-corrected chi connectivity index (χ2v) is 5.39. The van der Waals surface area contributed by atoms with Crippen LogP contribution in [0.2, 0.25) is 0 Å². The number of methoxy groups -OCH3 is 1. The molecule has 1 aromatic carbocycles. The highest BCUT2D eigenvalue weighted by Gasteiger charge is 2.20. The van der Waals surface area contributed by atoms with E-state index >= 15 is 0 Å². The topological polar surface area (TPSA) is 18.5 Å². The number of halogens is 2. The second kappa shape index (κ2) is 5.96. The van der Waals surface area contributed by atoms with E-state index in [9.17, 15) is 0 Å². The van der Waals surface area contributed by atoms with Crippen molar-refractivity contribution in [1.29, 1.82) is 0 Å². The van der Waals surface area contributed by atoms with E-state index in [-0.39, 0.29) is 0 Å². The van der Waals surface area contributed by atoms with Crippen molar-refractivity contribution < 1.29 is 9.47 Å². The van der Waals surface area contributed by atoms with Gasteiger partial charge >= 0.3 is 0 Å². The molecule has 0 atom stereocenters. The Bertz CT molecular complexity index is 389. The molecule has 1 fully saturated rings. The molecule has 0 amide bonds. The summed E-state index contributed by atoms with van der Waals surface area (Å²) >= 11 is 9.36. The molecule has 0 saturated heterocycles. The van der Waals surface area contributed by atoms with Crippen molar-refractivity contribution in [1.82, 2.24) is 0 Å². The van der Waals surface area contributed by atoms with Crippen molar-refractivity contribution in [3.05, 3.63) is 22.2 Å². The third-order valence-corrected chi connectivity index (χ3v) is 3.93. The summed E-state index contributed by atoms with van der Waals surface area (Å²) in [5, 5.41) is 0. The number of alkyl halides is 1. The van der Waals surface area contributed by atoms with E-state index < -0.39 is 0 Å². The maximum atomic E-state index is 6.01. The molecule has 0 bridgehead atoms. The number of hydrogen-bond donors (Lipinski definition) is 0. The summed E-state index contributed by atoms with van der Waals surface area (Å²) < 4.78 is 12.3. The van der Waals surface area contributed by atoms with Crippen LogP contribution < -0.4 is 9.47 Å². The van der Waals surface area contributed by atoms with Crippen molar-refractivity contribution in [3.8, 4) is 11.5 Å². The minimum Gasteiger partial charge on any atom is -0.493 e. The van der Waals surface area contributed by atoms with Gasteiger partial charge in [0.05, 0.1) is 17.7 Å². The zero-order valence-electron chi connectivity index (χ0n) is 9.84. The van der Waals surface area contributed by atoms with Crippen LogP contribution in [-0.2, 0) is 5.88 Å². The highest BCUT2D eigenvalue weighted by molar-refractivity contribution is 9.10. The minimum atomic E-state index is 0.321. The summed E-state index contributed by atoms with van der Waals surface area (Å²) in [6.07, 6.45) is 5.09. The fourth-order valence-electron chi connectivity index (χ4n) is 2.14. The van der Waals surface area contributed by atoms with Crippen molar-refractivity contribution in [3.63, 3.8) is 0 Å². The van der Waals surface area contributed by atoms with Gasteiger partial charge in [0.2, 0.25) is 0 Å². The predicted molar refractivity (Wildman–Crippen MR) is 73.1 cm³/mol. The number of benzene rings is 1. The van der Waals surface area contributed by atoms with Crippen LogP contribution in [0.3, 0.4) is 0 Å². The van der Waals surface area contributed by atoms with Crippen LogP contribution in [0.4, 0.5) is 0 Å². The molecule has 1 aliphatic carbocycles. The normalized spacial score (nSPS) is 16.2. The summed E-state index contributed by atoms with van der Waals surface area (Å²) in [6, 6.07) is 3.92. The fourth-order valence-corrected chi connectivity index (χ4v) is 2.87. The molecule has 1 saturated carbocycles. The molecule has 0 spiro atoms. The molecule has 0 heterocycles. The molecule has 0 aromatic heterocycles. The molecule has 17 heavy (non-hydrogen) atoms. The van der Waals surface area contributed by atoms with Gasteiger partial charge in [-0.3, -0.25) is 0 Å². The molecule has 0 unspecified atom stereocenters. The number of hydrogen-bond acceptors (Lipinski definition) is 2. The van der Waals surface area contributed by atoms with Crippen LogP contribution in [0.25, 0.3) is 0 Å². The van der Waals surface area contributed by atoms with Crippen LogP contribution in [0.5, 0.6) is 11.5 Å². The lowest BCUT2D eigenvalue weighted by atomic mass is 10.2. The third kappa shape index (κ3) is 3.08. The molecule has 0 N–H and O–H groups in total. The van der Waals surface area contributed by atoms with Crippen LogP contribution in [0.15, 0.2) is 16.6 Å². The molecule has 1 aromatic rings. The quantitative estimate of drug-likeness (QED) is 0.760. The Morgan fingerprint density at radius 3 is 2.65 bits per heavy atom. The van der Waals surface area contributed by atoms with Gasteiger partial charge in [0.15, 0.2) is 11.5 Å². The number of ether oxygens (including phenoxy) is 2. The molecule has 1 aliphatic rings. The molecular weight excluding hydrogens is 303 g/mol. The summed E-state index contributed by atoms with van der Waals surface area (Å²) in [7, 11) is 1.65. The average molecular weight is 320 g/mol. The Morgan fingerprint density at radius 1 is 1.35 bits per heavy atom. The molecule has 0 radical (unpaired) electrons. The van der Waals surface area contributed by atoms with Gasteiger partial charge in [0.25, 0.3) is 0 Å². The number of rotatable bonds is 4. The van der Waals surface area contributed by atoms with E-state index in [1.807, 2.05) is 12.1 Å². The van der Waals surface area contributed by atoms with E-state index in [0.717, 1.165) is 34.4 Å². The SMILES string of the molecule is COc1cc(CCl)cc(Br)c1OC1CCCC1. The van der Waals surface area contributed by atoms with Crippen LogP contribution in [0, 0.1) is 0 Å². The van der Waals surface area contributed by atoms with E-state index in [1.54, 1.807) is 7.11 Å². The van der Waals surface area contributed by atoms with Crippen molar-refractivity contribution >= 4 is 27.5 Å². The Balaban J connectivity index is 2.24. The van der Waals surface area contributed by atoms with Crippen LogP contribution in [-0.4, -0.2) is 13.2 Å². The van der Waals surface area contributed by atoms with Gasteiger partial charge in [-0.05, 0) is 59.3 Å². The molecule has 94 valence electrons. The van der Waals surface area contributed by atoms with Gasteiger partial charge in [-0.25, -0.2) is 0 Å². The first-order valence-electron chi connectivity index (χ1n) is 5.83. The highest BCUT2D eigenvalue weighted by atomic mass is 79.9. The Labute approximate surface area is 115 Å².